The molecule has 1 aromatic rings. The van der Waals surface area contributed by atoms with Crippen LogP contribution in [0.4, 0.5) is 0 Å². The molecule has 0 saturated carbocycles. The number of aryl methyl sites for hydroxylation is 2. The van der Waals surface area contributed by atoms with Crippen molar-refractivity contribution in [1.29, 1.82) is 0 Å². The van der Waals surface area contributed by atoms with E-state index < -0.39 is 0 Å². The highest BCUT2D eigenvalue weighted by atomic mass is 32.2. The Balaban J connectivity index is 2.14. The van der Waals surface area contributed by atoms with Gasteiger partial charge in [0.05, 0.1) is 0 Å². The normalized spacial score (nSPS) is 17.1. The Morgan fingerprint density at radius 2 is 2.00 bits per heavy atom. The van der Waals surface area contributed by atoms with Crippen molar-refractivity contribution in [3.05, 3.63) is 29.3 Å². The van der Waals surface area contributed by atoms with Crippen LogP contribution in [0.25, 0.3) is 0 Å². The topological polar surface area (TPSA) is 21.6 Å². The molecule has 0 aliphatic carbocycles. The zero-order valence-corrected chi connectivity index (χ0v) is 10.8. The van der Waals surface area contributed by atoms with Gasteiger partial charge in [-0.25, -0.2) is 0 Å². The van der Waals surface area contributed by atoms with Gasteiger partial charge in [-0.2, -0.15) is 0 Å². The van der Waals surface area contributed by atoms with E-state index in [0.717, 1.165) is 23.1 Å². The van der Waals surface area contributed by atoms with Crippen molar-refractivity contribution in [3.8, 4) is 5.75 Å². The van der Waals surface area contributed by atoms with Gasteiger partial charge in [-0.3, -0.25) is 4.99 Å². The molecule has 2 rings (SSSR count). The number of benzene rings is 1. The second-order valence-corrected chi connectivity index (χ2v) is 5.16. The van der Waals surface area contributed by atoms with Crippen molar-refractivity contribution in [2.45, 2.75) is 26.9 Å². The lowest BCUT2D eigenvalue weighted by molar-refractivity contribution is 0.286. The van der Waals surface area contributed by atoms with Gasteiger partial charge >= 0.3 is 0 Å². The highest BCUT2D eigenvalue weighted by molar-refractivity contribution is 8.14. The van der Waals surface area contributed by atoms with Gasteiger partial charge in [-0.05, 0) is 31.9 Å². The molecular formula is C13H17NOS. The minimum absolute atomic E-state index is 0.0762. The Morgan fingerprint density at radius 3 is 2.56 bits per heavy atom. The smallest absolute Gasteiger partial charge is 0.143 e. The maximum atomic E-state index is 6.01. The molecule has 0 radical (unpaired) electrons. The summed E-state index contributed by atoms with van der Waals surface area (Å²) in [4.78, 5) is 4.45. The summed E-state index contributed by atoms with van der Waals surface area (Å²) in [6.45, 7) is 7.17. The van der Waals surface area contributed by atoms with Crippen LogP contribution in [0.15, 0.2) is 23.2 Å². The molecule has 3 heteroatoms. The number of hydrogen-bond donors (Lipinski definition) is 0. The summed E-state index contributed by atoms with van der Waals surface area (Å²) in [6, 6.07) is 6.22. The first kappa shape index (κ1) is 11.5. The Hall–Kier alpha value is -0.960. The number of hydrogen-bond acceptors (Lipinski definition) is 3. The van der Waals surface area contributed by atoms with Crippen molar-refractivity contribution < 1.29 is 4.74 Å². The summed E-state index contributed by atoms with van der Waals surface area (Å²) >= 11 is 1.81. The molecule has 0 fully saturated rings. The van der Waals surface area contributed by atoms with E-state index in [9.17, 15) is 0 Å². The second-order valence-electron chi connectivity index (χ2n) is 4.05. The summed E-state index contributed by atoms with van der Waals surface area (Å²) in [7, 11) is 0. The molecule has 16 heavy (non-hydrogen) atoms. The van der Waals surface area contributed by atoms with E-state index in [-0.39, 0.29) is 6.10 Å². The third-order valence-electron chi connectivity index (χ3n) is 2.66. The van der Waals surface area contributed by atoms with Crippen molar-refractivity contribution >= 4 is 16.8 Å². The Bertz CT molecular complexity index is 394. The molecule has 0 spiro atoms. The van der Waals surface area contributed by atoms with Crippen molar-refractivity contribution in [2.75, 3.05) is 12.3 Å². The van der Waals surface area contributed by atoms with Crippen molar-refractivity contribution in [2.24, 2.45) is 4.99 Å². The number of aliphatic imine (C=N–C) groups is 1. The van der Waals surface area contributed by atoms with Crippen LogP contribution in [-0.4, -0.2) is 23.4 Å². The Kier molecular flexibility index (Phi) is 3.54. The average Bonchev–Trinajstić information content (AvgIpc) is 2.76. The Labute approximate surface area is 101 Å². The van der Waals surface area contributed by atoms with E-state index in [2.05, 4.69) is 44.0 Å². The number of nitrogens with zero attached hydrogens (tertiary/aromatic N) is 1. The average molecular weight is 235 g/mol. The largest absolute Gasteiger partial charge is 0.483 e. The maximum absolute atomic E-state index is 6.01. The van der Waals surface area contributed by atoms with E-state index in [0.29, 0.717) is 0 Å². The van der Waals surface area contributed by atoms with Crippen molar-refractivity contribution in [3.63, 3.8) is 0 Å². The zero-order chi connectivity index (χ0) is 11.5. The Morgan fingerprint density at radius 1 is 1.31 bits per heavy atom. The third kappa shape index (κ3) is 2.40. The standard InChI is InChI=1S/C13H17NOS/c1-9-5-4-6-10(2)12(9)15-11(3)13-14-7-8-16-13/h4-6,11H,7-8H2,1-3H3. The number of rotatable bonds is 3. The predicted octanol–water partition coefficient (Wildman–Crippen LogP) is 3.22. The lowest BCUT2D eigenvalue weighted by atomic mass is 10.1. The zero-order valence-electron chi connectivity index (χ0n) is 9.99. The lowest BCUT2D eigenvalue weighted by Crippen LogP contribution is -2.20. The molecule has 1 atom stereocenters. The number of para-hydroxylation sites is 1. The fourth-order valence-corrected chi connectivity index (χ4v) is 2.67. The van der Waals surface area contributed by atoms with Crippen LogP contribution >= 0.6 is 11.8 Å². The van der Waals surface area contributed by atoms with E-state index in [1.54, 1.807) is 11.8 Å². The number of thioether (sulfide) groups is 1. The highest BCUT2D eigenvalue weighted by Gasteiger charge is 2.18. The minimum Gasteiger partial charge on any atom is -0.483 e. The predicted molar refractivity (Wildman–Crippen MR) is 70.8 cm³/mol. The van der Waals surface area contributed by atoms with Gasteiger partial charge in [0.2, 0.25) is 0 Å². The van der Waals surface area contributed by atoms with Crippen LogP contribution in [0.2, 0.25) is 0 Å². The van der Waals surface area contributed by atoms with Gasteiger partial charge in [0.25, 0.3) is 0 Å². The van der Waals surface area contributed by atoms with Gasteiger partial charge in [0.15, 0.2) is 0 Å². The molecule has 1 unspecified atom stereocenters. The van der Waals surface area contributed by atoms with Crippen LogP contribution in [-0.2, 0) is 0 Å². The molecule has 0 aromatic heterocycles. The van der Waals surface area contributed by atoms with Gasteiger partial charge in [-0.15, -0.1) is 11.8 Å². The van der Waals surface area contributed by atoms with Crippen LogP contribution in [0.3, 0.4) is 0 Å². The van der Waals surface area contributed by atoms with Crippen molar-refractivity contribution in [1.82, 2.24) is 0 Å². The minimum atomic E-state index is 0.0762. The summed E-state index contributed by atoms with van der Waals surface area (Å²) in [5, 5.41) is 1.13. The maximum Gasteiger partial charge on any atom is 0.143 e. The molecule has 1 aliphatic heterocycles. The molecule has 0 bridgehead atoms. The molecule has 1 aromatic carbocycles. The first-order valence-electron chi connectivity index (χ1n) is 5.58. The SMILES string of the molecule is Cc1cccc(C)c1OC(C)C1=NCCS1. The first-order valence-corrected chi connectivity index (χ1v) is 6.57. The van der Waals surface area contributed by atoms with E-state index in [4.69, 9.17) is 4.74 Å². The molecule has 0 saturated heterocycles. The monoisotopic (exact) mass is 235 g/mol. The van der Waals surface area contributed by atoms with Gasteiger partial charge < -0.3 is 4.74 Å². The fraction of sp³-hybridized carbons (Fsp3) is 0.462. The molecular weight excluding hydrogens is 218 g/mol. The van der Waals surface area contributed by atoms with Crippen LogP contribution in [0.5, 0.6) is 5.75 Å². The quantitative estimate of drug-likeness (QED) is 0.802. The summed E-state index contributed by atoms with van der Waals surface area (Å²) < 4.78 is 6.01. The van der Waals surface area contributed by atoms with Gasteiger partial charge in [-0.1, -0.05) is 18.2 Å². The van der Waals surface area contributed by atoms with Crippen LogP contribution in [0.1, 0.15) is 18.1 Å². The van der Waals surface area contributed by atoms with Crippen LogP contribution < -0.4 is 4.74 Å². The number of ether oxygens (including phenoxy) is 1. The van der Waals surface area contributed by atoms with Crippen LogP contribution in [0, 0.1) is 13.8 Å². The molecule has 0 N–H and O–H groups in total. The summed E-state index contributed by atoms with van der Waals surface area (Å²) in [5.41, 5.74) is 2.38. The van der Waals surface area contributed by atoms with E-state index in [1.165, 1.54) is 11.1 Å². The fourth-order valence-electron chi connectivity index (χ4n) is 1.81. The summed E-state index contributed by atoms with van der Waals surface area (Å²) in [5.74, 6) is 2.10. The molecule has 1 heterocycles. The third-order valence-corrected chi connectivity index (χ3v) is 3.80. The van der Waals surface area contributed by atoms with E-state index >= 15 is 0 Å². The summed E-state index contributed by atoms with van der Waals surface area (Å²) in [6.07, 6.45) is 0.0762. The van der Waals surface area contributed by atoms with E-state index in [1.807, 2.05) is 0 Å². The van der Waals surface area contributed by atoms with Gasteiger partial charge in [0.1, 0.15) is 16.9 Å². The molecule has 1 aliphatic rings. The second kappa shape index (κ2) is 4.91. The lowest BCUT2D eigenvalue weighted by Gasteiger charge is -2.17. The molecule has 86 valence electrons. The molecule has 0 amide bonds. The first-order chi connectivity index (χ1) is 7.68. The highest BCUT2D eigenvalue weighted by Crippen LogP contribution is 2.26. The van der Waals surface area contributed by atoms with Gasteiger partial charge in [0, 0.05) is 12.3 Å². The molecule has 2 nitrogen and oxygen atoms in total.